The van der Waals surface area contributed by atoms with Crippen molar-refractivity contribution in [1.82, 2.24) is 19.1 Å². The molecule has 11 aromatic rings. The quantitative estimate of drug-likeness (QED) is 0.167. The fraction of sp³-hybridized carbons (Fsp3) is 0.133. The third-order valence-electron chi connectivity index (χ3n) is 12.9. The second-order valence-corrected chi connectivity index (χ2v) is 19.2. The van der Waals surface area contributed by atoms with Crippen LogP contribution in [0, 0.1) is 0 Å². The number of nitrogens with zero attached hydrogens (tertiary/aromatic N) is 4. The molecular weight excluding hydrogens is 777 g/mol. The second kappa shape index (κ2) is 15.1. The summed E-state index contributed by atoms with van der Waals surface area (Å²) < 4.78 is 4.80. The molecule has 0 amide bonds. The van der Waals surface area contributed by atoms with E-state index in [-0.39, 0.29) is 10.8 Å². The lowest BCUT2D eigenvalue weighted by Gasteiger charge is -2.19. The van der Waals surface area contributed by atoms with Crippen molar-refractivity contribution in [3.05, 3.63) is 205 Å². The van der Waals surface area contributed by atoms with Crippen LogP contribution in [0.4, 0.5) is 0 Å². The van der Waals surface area contributed by atoms with Crippen molar-refractivity contribution >= 4 is 43.6 Å². The summed E-state index contributed by atoms with van der Waals surface area (Å²) in [5, 5.41) is 4.94. The van der Waals surface area contributed by atoms with E-state index < -0.39 is 0 Å². The summed E-state index contributed by atoms with van der Waals surface area (Å²) in [5.41, 5.74) is 16.9. The van der Waals surface area contributed by atoms with Crippen molar-refractivity contribution in [1.29, 1.82) is 0 Å². The first-order chi connectivity index (χ1) is 31.0. The number of para-hydroxylation sites is 3. The van der Waals surface area contributed by atoms with Gasteiger partial charge < -0.3 is 9.13 Å². The van der Waals surface area contributed by atoms with E-state index in [4.69, 9.17) is 9.97 Å². The molecule has 0 aliphatic rings. The first-order valence-electron chi connectivity index (χ1n) is 22.3. The molecule has 0 atom stereocenters. The predicted octanol–water partition coefficient (Wildman–Crippen LogP) is 15.9. The Kier molecular flexibility index (Phi) is 9.25. The monoisotopic (exact) mass is 826 g/mol. The molecule has 0 saturated carbocycles. The molecule has 310 valence electrons. The molecule has 0 saturated heterocycles. The molecule has 0 aliphatic carbocycles. The molecule has 0 aliphatic heterocycles. The van der Waals surface area contributed by atoms with Crippen molar-refractivity contribution in [2.45, 2.75) is 52.4 Å². The van der Waals surface area contributed by atoms with Crippen LogP contribution in [0.3, 0.4) is 0 Å². The largest absolute Gasteiger partial charge is 0.309 e. The molecule has 3 aromatic heterocycles. The van der Waals surface area contributed by atoms with Gasteiger partial charge in [0, 0.05) is 49.6 Å². The van der Waals surface area contributed by atoms with Crippen LogP contribution in [-0.2, 0) is 10.8 Å². The number of rotatable bonds is 6. The highest BCUT2D eigenvalue weighted by Gasteiger charge is 2.19. The highest BCUT2D eigenvalue weighted by Crippen LogP contribution is 2.38. The summed E-state index contributed by atoms with van der Waals surface area (Å²) in [4.78, 5) is 10.5. The molecular formula is C60H50N4. The molecule has 4 nitrogen and oxygen atoms in total. The van der Waals surface area contributed by atoms with Gasteiger partial charge in [0.15, 0.2) is 5.82 Å². The number of hydrogen-bond acceptors (Lipinski definition) is 2. The minimum absolute atomic E-state index is 0.0627. The molecule has 4 heteroatoms. The number of benzene rings is 8. The molecule has 0 N–H and O–H groups in total. The molecule has 64 heavy (non-hydrogen) atoms. The Hall–Kier alpha value is -7.56. The lowest BCUT2D eigenvalue weighted by molar-refractivity contribution is 0.590. The van der Waals surface area contributed by atoms with Gasteiger partial charge in [-0.2, -0.15) is 0 Å². The van der Waals surface area contributed by atoms with Crippen LogP contribution >= 0.6 is 0 Å². The number of aromatic nitrogens is 4. The Balaban J connectivity index is 1.01. The SMILES string of the molecule is CC(C)(C)c1ccc(-c2cc(-c3ccc(C(C)(C)C)cc3)nc(-c3cccc(-c4ccc5c(c4)c4ccccc4n5-c4cccc(-n5c6ccccc6c6ccccc65)c4)c3)n2)cc1. The van der Waals surface area contributed by atoms with Crippen LogP contribution in [0.15, 0.2) is 194 Å². The highest BCUT2D eigenvalue weighted by molar-refractivity contribution is 6.11. The Bertz CT molecular complexity index is 3420. The van der Waals surface area contributed by atoms with Crippen molar-refractivity contribution in [3.63, 3.8) is 0 Å². The van der Waals surface area contributed by atoms with Gasteiger partial charge in [0.1, 0.15) is 0 Å². The fourth-order valence-electron chi connectivity index (χ4n) is 9.39. The zero-order valence-corrected chi connectivity index (χ0v) is 37.3. The van der Waals surface area contributed by atoms with Crippen LogP contribution < -0.4 is 0 Å². The zero-order valence-electron chi connectivity index (χ0n) is 37.3. The summed E-state index contributed by atoms with van der Waals surface area (Å²) in [6.07, 6.45) is 0. The second-order valence-electron chi connectivity index (χ2n) is 19.2. The van der Waals surface area contributed by atoms with Crippen LogP contribution in [0.5, 0.6) is 0 Å². The Labute approximate surface area is 375 Å². The van der Waals surface area contributed by atoms with Gasteiger partial charge in [-0.15, -0.1) is 0 Å². The Morgan fingerprint density at radius 2 is 0.719 bits per heavy atom. The standard InChI is InChI=1S/C60H50N4/c1-59(2,3)44-30-25-39(26-31-44)52-38-53(40-27-32-45(33-28-40)60(4,5)6)62-58(61-52)43-16-13-15-41(35-43)42-29-34-57-51(36-42)50-21-9-12-24-56(50)64(57)47-18-14-17-46(37-47)63-54-22-10-7-19-48(54)49-20-8-11-23-55(49)63/h7-38H,1-6H3. The summed E-state index contributed by atoms with van der Waals surface area (Å²) >= 11 is 0. The number of hydrogen-bond donors (Lipinski definition) is 0. The maximum Gasteiger partial charge on any atom is 0.160 e. The van der Waals surface area contributed by atoms with E-state index in [0.29, 0.717) is 5.82 Å². The average molecular weight is 827 g/mol. The molecule has 3 heterocycles. The summed E-state index contributed by atoms with van der Waals surface area (Å²) in [6.45, 7) is 13.5. The van der Waals surface area contributed by atoms with Gasteiger partial charge in [0.25, 0.3) is 0 Å². The highest BCUT2D eigenvalue weighted by atomic mass is 15.0. The van der Waals surface area contributed by atoms with Gasteiger partial charge in [0.2, 0.25) is 0 Å². The summed E-state index contributed by atoms with van der Waals surface area (Å²) in [5.74, 6) is 0.704. The van der Waals surface area contributed by atoms with Gasteiger partial charge in [0.05, 0.1) is 33.5 Å². The van der Waals surface area contributed by atoms with Gasteiger partial charge in [-0.1, -0.05) is 175 Å². The normalized spacial score (nSPS) is 12.2. The van der Waals surface area contributed by atoms with E-state index in [2.05, 4.69) is 245 Å². The molecule has 0 spiro atoms. The third kappa shape index (κ3) is 6.87. The maximum absolute atomic E-state index is 5.25. The predicted molar refractivity (Wildman–Crippen MR) is 270 cm³/mol. The first kappa shape index (κ1) is 39.3. The van der Waals surface area contributed by atoms with E-state index in [0.717, 1.165) is 56.1 Å². The lowest BCUT2D eigenvalue weighted by atomic mass is 9.86. The fourth-order valence-corrected chi connectivity index (χ4v) is 9.39. The number of fused-ring (bicyclic) bond motifs is 6. The van der Waals surface area contributed by atoms with Crippen molar-refractivity contribution in [2.75, 3.05) is 0 Å². The lowest BCUT2D eigenvalue weighted by Crippen LogP contribution is -2.10. The van der Waals surface area contributed by atoms with E-state index in [1.807, 2.05) is 0 Å². The van der Waals surface area contributed by atoms with Gasteiger partial charge in [-0.05, 0) is 93.7 Å². The van der Waals surface area contributed by atoms with Gasteiger partial charge >= 0.3 is 0 Å². The van der Waals surface area contributed by atoms with Gasteiger partial charge in [-0.3, -0.25) is 0 Å². The van der Waals surface area contributed by atoms with Crippen molar-refractivity contribution in [2.24, 2.45) is 0 Å². The van der Waals surface area contributed by atoms with Crippen molar-refractivity contribution in [3.8, 4) is 56.4 Å². The third-order valence-corrected chi connectivity index (χ3v) is 12.9. The van der Waals surface area contributed by atoms with E-state index in [1.54, 1.807) is 0 Å². The molecule has 0 fully saturated rings. The molecule has 11 rings (SSSR count). The maximum atomic E-state index is 5.25. The Morgan fingerprint density at radius 1 is 0.312 bits per heavy atom. The zero-order chi connectivity index (χ0) is 43.7. The topological polar surface area (TPSA) is 35.6 Å². The van der Waals surface area contributed by atoms with Crippen LogP contribution in [0.2, 0.25) is 0 Å². The van der Waals surface area contributed by atoms with Crippen LogP contribution in [0.25, 0.3) is 100 Å². The van der Waals surface area contributed by atoms with E-state index in [9.17, 15) is 0 Å². The summed E-state index contributed by atoms with van der Waals surface area (Å²) in [7, 11) is 0. The smallest absolute Gasteiger partial charge is 0.160 e. The van der Waals surface area contributed by atoms with Gasteiger partial charge in [-0.25, -0.2) is 9.97 Å². The van der Waals surface area contributed by atoms with Crippen LogP contribution in [0.1, 0.15) is 52.7 Å². The first-order valence-corrected chi connectivity index (χ1v) is 22.3. The van der Waals surface area contributed by atoms with E-state index in [1.165, 1.54) is 49.2 Å². The molecule has 8 aromatic carbocycles. The minimum Gasteiger partial charge on any atom is -0.309 e. The van der Waals surface area contributed by atoms with Crippen molar-refractivity contribution < 1.29 is 0 Å². The van der Waals surface area contributed by atoms with Crippen LogP contribution in [-0.4, -0.2) is 19.1 Å². The molecule has 0 unspecified atom stereocenters. The summed E-state index contributed by atoms with van der Waals surface area (Å²) in [6, 6.07) is 70.5. The molecule has 0 bridgehead atoms. The Morgan fingerprint density at radius 3 is 1.22 bits per heavy atom. The minimum atomic E-state index is 0.0627. The average Bonchev–Trinajstić information content (AvgIpc) is 3.84. The van der Waals surface area contributed by atoms with E-state index >= 15 is 0 Å². The molecule has 0 radical (unpaired) electrons.